The Morgan fingerprint density at radius 2 is 2.15 bits per heavy atom. The molecular formula is C10H14O2S. The highest BCUT2D eigenvalue weighted by molar-refractivity contribution is 7.80. The second kappa shape index (κ2) is 3.76. The molecule has 3 heteroatoms. The minimum atomic E-state index is -0.211. The summed E-state index contributed by atoms with van der Waals surface area (Å²) in [6.07, 6.45) is 5.71. The molecule has 0 radical (unpaired) electrons. The van der Waals surface area contributed by atoms with Gasteiger partial charge in [0.15, 0.2) is 5.09 Å². The molecule has 1 aliphatic carbocycles. The number of hydrogen-bond donors (Lipinski definition) is 2. The third kappa shape index (κ3) is 1.76. The van der Waals surface area contributed by atoms with Gasteiger partial charge in [-0.1, -0.05) is 12.8 Å². The van der Waals surface area contributed by atoms with E-state index in [1.165, 1.54) is 6.42 Å². The van der Waals surface area contributed by atoms with Gasteiger partial charge in [0.1, 0.15) is 0 Å². The van der Waals surface area contributed by atoms with E-state index in [0.29, 0.717) is 5.09 Å². The minimum absolute atomic E-state index is 0.211. The van der Waals surface area contributed by atoms with Crippen LogP contribution in [0.1, 0.15) is 37.2 Å². The molecule has 1 heterocycles. The molecule has 0 aliphatic heterocycles. The van der Waals surface area contributed by atoms with Crippen molar-refractivity contribution in [1.29, 1.82) is 0 Å². The zero-order valence-electron chi connectivity index (χ0n) is 7.44. The van der Waals surface area contributed by atoms with Crippen molar-refractivity contribution in [3.63, 3.8) is 0 Å². The van der Waals surface area contributed by atoms with Gasteiger partial charge in [-0.15, -0.1) is 12.6 Å². The monoisotopic (exact) mass is 198 g/mol. The lowest BCUT2D eigenvalue weighted by Crippen LogP contribution is -2.22. The summed E-state index contributed by atoms with van der Waals surface area (Å²) in [5, 5.41) is 10.4. The van der Waals surface area contributed by atoms with Gasteiger partial charge >= 0.3 is 0 Å². The molecule has 1 fully saturated rings. The van der Waals surface area contributed by atoms with Crippen molar-refractivity contribution in [3.8, 4) is 0 Å². The average Bonchev–Trinajstić information content (AvgIpc) is 2.52. The summed E-state index contributed by atoms with van der Waals surface area (Å²) in [5.74, 6) is 0.236. The molecule has 0 amide bonds. The Bertz CT molecular complexity index is 282. The van der Waals surface area contributed by atoms with E-state index in [-0.39, 0.29) is 12.0 Å². The van der Waals surface area contributed by atoms with Gasteiger partial charge in [0, 0.05) is 11.5 Å². The van der Waals surface area contributed by atoms with Crippen molar-refractivity contribution in [2.24, 2.45) is 0 Å². The lowest BCUT2D eigenvalue weighted by atomic mass is 9.83. The lowest BCUT2D eigenvalue weighted by Gasteiger charge is -2.26. The zero-order valence-corrected chi connectivity index (χ0v) is 8.33. The fraction of sp³-hybridized carbons (Fsp3) is 0.600. The topological polar surface area (TPSA) is 33.4 Å². The van der Waals surface area contributed by atoms with Crippen LogP contribution in [-0.4, -0.2) is 11.2 Å². The average molecular weight is 198 g/mol. The van der Waals surface area contributed by atoms with E-state index < -0.39 is 0 Å². The number of aliphatic hydroxyl groups is 1. The van der Waals surface area contributed by atoms with E-state index in [4.69, 9.17) is 4.42 Å². The molecule has 1 aromatic heterocycles. The Balaban J connectivity index is 2.19. The first-order valence-electron chi connectivity index (χ1n) is 4.73. The van der Waals surface area contributed by atoms with Gasteiger partial charge < -0.3 is 9.52 Å². The SMILES string of the molecule is OC1CCCCC1c1ccoc1S. The van der Waals surface area contributed by atoms with Gasteiger partial charge in [0.25, 0.3) is 0 Å². The van der Waals surface area contributed by atoms with E-state index in [2.05, 4.69) is 12.6 Å². The van der Waals surface area contributed by atoms with E-state index in [0.717, 1.165) is 24.8 Å². The first kappa shape index (κ1) is 9.16. The Labute approximate surface area is 83.4 Å². The summed E-state index contributed by atoms with van der Waals surface area (Å²) in [6, 6.07) is 1.92. The molecule has 1 aliphatic rings. The number of thiol groups is 1. The molecule has 0 aromatic carbocycles. The van der Waals surface area contributed by atoms with Crippen LogP contribution in [0.4, 0.5) is 0 Å². The summed E-state index contributed by atoms with van der Waals surface area (Å²) in [7, 11) is 0. The minimum Gasteiger partial charge on any atom is -0.458 e. The van der Waals surface area contributed by atoms with Crippen molar-refractivity contribution < 1.29 is 9.52 Å². The van der Waals surface area contributed by atoms with Crippen LogP contribution in [0.25, 0.3) is 0 Å². The van der Waals surface area contributed by atoms with Gasteiger partial charge in [-0.3, -0.25) is 0 Å². The highest BCUT2D eigenvalue weighted by Gasteiger charge is 2.26. The molecule has 1 saturated carbocycles. The van der Waals surface area contributed by atoms with Crippen LogP contribution in [-0.2, 0) is 0 Å². The highest BCUT2D eigenvalue weighted by Crippen LogP contribution is 2.36. The third-order valence-electron chi connectivity index (χ3n) is 2.80. The van der Waals surface area contributed by atoms with Gasteiger partial charge in [0.2, 0.25) is 0 Å². The number of furan rings is 1. The van der Waals surface area contributed by atoms with Crippen molar-refractivity contribution >= 4 is 12.6 Å². The summed E-state index contributed by atoms with van der Waals surface area (Å²) in [5.41, 5.74) is 1.07. The van der Waals surface area contributed by atoms with Crippen LogP contribution in [0.15, 0.2) is 21.8 Å². The molecule has 1 aromatic rings. The highest BCUT2D eigenvalue weighted by atomic mass is 32.1. The van der Waals surface area contributed by atoms with Crippen LogP contribution in [0, 0.1) is 0 Å². The van der Waals surface area contributed by atoms with Crippen molar-refractivity contribution in [1.82, 2.24) is 0 Å². The maximum Gasteiger partial charge on any atom is 0.160 e. The standard InChI is InChI=1S/C10H14O2S/c11-9-4-2-1-3-7(9)8-5-6-12-10(8)13/h5-7,9,11,13H,1-4H2. The van der Waals surface area contributed by atoms with Gasteiger partial charge in [0.05, 0.1) is 12.4 Å². The Kier molecular flexibility index (Phi) is 2.65. The van der Waals surface area contributed by atoms with Crippen LogP contribution >= 0.6 is 12.6 Å². The van der Waals surface area contributed by atoms with Gasteiger partial charge in [-0.25, -0.2) is 0 Å². The quantitative estimate of drug-likeness (QED) is 0.680. The second-order valence-electron chi connectivity index (χ2n) is 3.64. The second-order valence-corrected chi connectivity index (χ2v) is 4.05. The predicted molar refractivity (Wildman–Crippen MR) is 53.2 cm³/mol. The molecule has 0 bridgehead atoms. The van der Waals surface area contributed by atoms with Crippen LogP contribution in [0.5, 0.6) is 0 Å². The zero-order chi connectivity index (χ0) is 9.26. The van der Waals surface area contributed by atoms with Gasteiger partial charge in [-0.05, 0) is 18.9 Å². The molecule has 13 heavy (non-hydrogen) atoms. The molecule has 1 N–H and O–H groups in total. The van der Waals surface area contributed by atoms with E-state index in [1.807, 2.05) is 6.07 Å². The lowest BCUT2D eigenvalue weighted by molar-refractivity contribution is 0.104. The molecule has 0 saturated heterocycles. The molecule has 72 valence electrons. The predicted octanol–water partition coefficient (Wildman–Crippen LogP) is 2.59. The van der Waals surface area contributed by atoms with Crippen LogP contribution in [0.2, 0.25) is 0 Å². The summed E-state index contributed by atoms with van der Waals surface area (Å²) in [6.45, 7) is 0. The summed E-state index contributed by atoms with van der Waals surface area (Å²) < 4.78 is 5.12. The van der Waals surface area contributed by atoms with Crippen LogP contribution in [0.3, 0.4) is 0 Å². The number of hydrogen-bond acceptors (Lipinski definition) is 3. The van der Waals surface area contributed by atoms with E-state index >= 15 is 0 Å². The normalized spacial score (nSPS) is 29.1. The van der Waals surface area contributed by atoms with Gasteiger partial charge in [-0.2, -0.15) is 0 Å². The largest absolute Gasteiger partial charge is 0.458 e. The molecule has 2 nitrogen and oxygen atoms in total. The molecule has 2 rings (SSSR count). The first-order valence-corrected chi connectivity index (χ1v) is 5.18. The molecule has 2 atom stereocenters. The maximum atomic E-state index is 9.79. The fourth-order valence-corrected chi connectivity index (χ4v) is 2.37. The maximum absolute atomic E-state index is 9.79. The van der Waals surface area contributed by atoms with Crippen LogP contribution < -0.4 is 0 Å². The Morgan fingerprint density at radius 1 is 1.38 bits per heavy atom. The van der Waals surface area contributed by atoms with Crippen molar-refractivity contribution in [3.05, 3.63) is 17.9 Å². The summed E-state index contributed by atoms with van der Waals surface area (Å²) >= 11 is 4.22. The fourth-order valence-electron chi connectivity index (χ4n) is 2.07. The summed E-state index contributed by atoms with van der Waals surface area (Å²) in [4.78, 5) is 0. The van der Waals surface area contributed by atoms with E-state index in [9.17, 15) is 5.11 Å². The van der Waals surface area contributed by atoms with Crippen molar-refractivity contribution in [2.75, 3.05) is 0 Å². The third-order valence-corrected chi connectivity index (χ3v) is 3.17. The van der Waals surface area contributed by atoms with Crippen molar-refractivity contribution in [2.45, 2.75) is 42.8 Å². The molecule has 2 unspecified atom stereocenters. The Hall–Kier alpha value is -0.410. The smallest absolute Gasteiger partial charge is 0.160 e. The number of aliphatic hydroxyl groups excluding tert-OH is 1. The first-order chi connectivity index (χ1) is 6.29. The number of rotatable bonds is 1. The molecule has 0 spiro atoms. The molecular weight excluding hydrogens is 184 g/mol. The Morgan fingerprint density at radius 3 is 2.77 bits per heavy atom. The van der Waals surface area contributed by atoms with E-state index in [1.54, 1.807) is 6.26 Å².